The highest BCUT2D eigenvalue weighted by Crippen LogP contribution is 2.47. The van der Waals surface area contributed by atoms with E-state index in [1.165, 1.54) is 18.4 Å². The van der Waals surface area contributed by atoms with E-state index in [1.807, 2.05) is 0 Å². The number of nitrogens with zero attached hydrogens (tertiary/aromatic N) is 2. The van der Waals surface area contributed by atoms with Gasteiger partial charge in [0.15, 0.2) is 0 Å². The number of benzene rings is 1. The normalized spacial score (nSPS) is 17.1. The van der Waals surface area contributed by atoms with Crippen LogP contribution in [-0.2, 0) is 5.41 Å². The van der Waals surface area contributed by atoms with Crippen LogP contribution in [0.25, 0.3) is 5.69 Å². The van der Waals surface area contributed by atoms with Gasteiger partial charge in [0, 0.05) is 18.2 Å². The number of halogens is 1. The van der Waals surface area contributed by atoms with Crippen molar-refractivity contribution in [2.75, 3.05) is 6.54 Å². The van der Waals surface area contributed by atoms with Crippen LogP contribution in [0.4, 0.5) is 0 Å². The van der Waals surface area contributed by atoms with Crippen molar-refractivity contribution in [2.45, 2.75) is 18.3 Å². The molecule has 3 rings (SSSR count). The summed E-state index contributed by atoms with van der Waals surface area (Å²) in [6.07, 6.45) is 5.84. The summed E-state index contributed by atoms with van der Waals surface area (Å²) in [6, 6.07) is 8.42. The molecule has 1 heterocycles. The average molecular weight is 248 g/mol. The van der Waals surface area contributed by atoms with Crippen molar-refractivity contribution in [3.8, 4) is 5.69 Å². The Morgan fingerprint density at radius 1 is 1.29 bits per heavy atom. The van der Waals surface area contributed by atoms with Crippen LogP contribution in [0.5, 0.6) is 0 Å². The third-order valence-electron chi connectivity index (χ3n) is 3.54. The molecule has 0 spiro atoms. The van der Waals surface area contributed by atoms with Gasteiger partial charge in [0.2, 0.25) is 0 Å². The van der Waals surface area contributed by atoms with Gasteiger partial charge in [0.05, 0.1) is 16.9 Å². The van der Waals surface area contributed by atoms with Crippen molar-refractivity contribution < 1.29 is 0 Å². The van der Waals surface area contributed by atoms with Crippen molar-refractivity contribution in [1.29, 1.82) is 0 Å². The zero-order valence-corrected chi connectivity index (χ0v) is 10.2. The Bertz CT molecular complexity index is 526. The predicted molar refractivity (Wildman–Crippen MR) is 68.5 cm³/mol. The Hall–Kier alpha value is -1.32. The van der Waals surface area contributed by atoms with Crippen LogP contribution in [0, 0.1) is 0 Å². The van der Waals surface area contributed by atoms with Gasteiger partial charge in [-0.25, -0.2) is 4.68 Å². The van der Waals surface area contributed by atoms with Crippen molar-refractivity contribution in [2.24, 2.45) is 5.73 Å². The molecular weight excluding hydrogens is 234 g/mol. The lowest BCUT2D eigenvalue weighted by molar-refractivity contribution is 0.704. The van der Waals surface area contributed by atoms with Crippen LogP contribution >= 0.6 is 11.6 Å². The second kappa shape index (κ2) is 3.86. The number of hydrogen-bond acceptors (Lipinski definition) is 2. The molecule has 1 aliphatic carbocycles. The number of rotatable bonds is 3. The highest BCUT2D eigenvalue weighted by molar-refractivity contribution is 6.30. The molecule has 88 valence electrons. The van der Waals surface area contributed by atoms with Gasteiger partial charge in [-0.05, 0) is 30.5 Å². The highest BCUT2D eigenvalue weighted by atomic mass is 35.5. The van der Waals surface area contributed by atoms with E-state index in [4.69, 9.17) is 17.3 Å². The largest absolute Gasteiger partial charge is 0.330 e. The number of hydrogen-bond donors (Lipinski definition) is 1. The molecule has 3 nitrogen and oxygen atoms in total. The smallest absolute Gasteiger partial charge is 0.0790 e. The fraction of sp³-hybridized carbons (Fsp3) is 0.308. The molecule has 0 radical (unpaired) electrons. The molecular formula is C13H14ClN3. The van der Waals surface area contributed by atoms with Crippen LogP contribution in [0.2, 0.25) is 5.02 Å². The van der Waals surface area contributed by atoms with Crippen LogP contribution < -0.4 is 5.73 Å². The monoisotopic (exact) mass is 247 g/mol. The molecule has 1 aromatic carbocycles. The van der Waals surface area contributed by atoms with Crippen LogP contribution in [0.15, 0.2) is 36.7 Å². The molecule has 1 saturated carbocycles. The van der Waals surface area contributed by atoms with E-state index in [2.05, 4.69) is 29.4 Å². The van der Waals surface area contributed by atoms with Gasteiger partial charge in [0.25, 0.3) is 0 Å². The van der Waals surface area contributed by atoms with Gasteiger partial charge >= 0.3 is 0 Å². The summed E-state index contributed by atoms with van der Waals surface area (Å²) in [5.41, 5.74) is 8.43. The van der Waals surface area contributed by atoms with E-state index in [1.54, 1.807) is 17.1 Å². The Morgan fingerprint density at radius 2 is 2.00 bits per heavy atom. The predicted octanol–water partition coefficient (Wildman–Crippen LogP) is 2.52. The van der Waals surface area contributed by atoms with Crippen LogP contribution in [-0.4, -0.2) is 16.3 Å². The SMILES string of the molecule is NCC1(c2ccc(-n3cc(Cl)cn3)cc2)CC1. The van der Waals surface area contributed by atoms with E-state index in [0.717, 1.165) is 12.2 Å². The minimum absolute atomic E-state index is 0.250. The Balaban J connectivity index is 1.90. The van der Waals surface area contributed by atoms with Crippen LogP contribution in [0.3, 0.4) is 0 Å². The third kappa shape index (κ3) is 1.85. The first-order valence-electron chi connectivity index (χ1n) is 5.75. The van der Waals surface area contributed by atoms with E-state index in [0.29, 0.717) is 5.02 Å². The molecule has 0 saturated heterocycles. The standard InChI is InChI=1S/C13H14ClN3/c14-11-7-16-17(8-11)12-3-1-10(2-4-12)13(9-15)5-6-13/h1-4,7-8H,5-6,9,15H2. The number of nitrogens with two attached hydrogens (primary N) is 1. The summed E-state index contributed by atoms with van der Waals surface area (Å²) in [4.78, 5) is 0. The van der Waals surface area contributed by atoms with E-state index >= 15 is 0 Å². The maximum Gasteiger partial charge on any atom is 0.0790 e. The first-order chi connectivity index (χ1) is 8.23. The number of aromatic nitrogens is 2. The molecule has 4 heteroatoms. The minimum atomic E-state index is 0.250. The maximum atomic E-state index is 5.85. The van der Waals surface area contributed by atoms with E-state index < -0.39 is 0 Å². The zero-order valence-electron chi connectivity index (χ0n) is 9.44. The molecule has 0 aliphatic heterocycles. The van der Waals surface area contributed by atoms with Gasteiger partial charge in [0.1, 0.15) is 0 Å². The molecule has 2 aromatic rings. The summed E-state index contributed by atoms with van der Waals surface area (Å²) in [5.74, 6) is 0. The Morgan fingerprint density at radius 3 is 2.47 bits per heavy atom. The first-order valence-corrected chi connectivity index (χ1v) is 6.12. The second-order valence-electron chi connectivity index (χ2n) is 4.63. The quantitative estimate of drug-likeness (QED) is 0.906. The van der Waals surface area contributed by atoms with Crippen LogP contribution in [0.1, 0.15) is 18.4 Å². The fourth-order valence-corrected chi connectivity index (χ4v) is 2.31. The van der Waals surface area contributed by atoms with Gasteiger partial charge < -0.3 is 5.73 Å². The van der Waals surface area contributed by atoms with Crippen molar-refractivity contribution in [3.63, 3.8) is 0 Å². The molecule has 2 N–H and O–H groups in total. The zero-order chi connectivity index (χ0) is 11.9. The Kier molecular flexibility index (Phi) is 2.45. The first kappa shape index (κ1) is 10.8. The van der Waals surface area contributed by atoms with Crippen molar-refractivity contribution in [1.82, 2.24) is 9.78 Å². The molecule has 1 aliphatic rings. The summed E-state index contributed by atoms with van der Waals surface area (Å²) in [5, 5.41) is 4.82. The summed E-state index contributed by atoms with van der Waals surface area (Å²) in [7, 11) is 0. The summed E-state index contributed by atoms with van der Waals surface area (Å²) >= 11 is 5.85. The van der Waals surface area contributed by atoms with Gasteiger partial charge in [-0.2, -0.15) is 5.10 Å². The summed E-state index contributed by atoms with van der Waals surface area (Å²) < 4.78 is 1.77. The van der Waals surface area contributed by atoms with Gasteiger partial charge in [-0.15, -0.1) is 0 Å². The molecule has 0 bridgehead atoms. The maximum absolute atomic E-state index is 5.85. The molecule has 0 amide bonds. The van der Waals surface area contributed by atoms with Crippen molar-refractivity contribution >= 4 is 11.6 Å². The van der Waals surface area contributed by atoms with E-state index in [9.17, 15) is 0 Å². The highest BCUT2D eigenvalue weighted by Gasteiger charge is 2.42. The van der Waals surface area contributed by atoms with E-state index in [-0.39, 0.29) is 5.41 Å². The topological polar surface area (TPSA) is 43.8 Å². The molecule has 1 fully saturated rings. The lowest BCUT2D eigenvalue weighted by Gasteiger charge is -2.13. The lowest BCUT2D eigenvalue weighted by Crippen LogP contribution is -2.19. The Labute approximate surface area is 105 Å². The van der Waals surface area contributed by atoms with Gasteiger partial charge in [-0.3, -0.25) is 0 Å². The third-order valence-corrected chi connectivity index (χ3v) is 3.73. The fourth-order valence-electron chi connectivity index (χ4n) is 2.17. The van der Waals surface area contributed by atoms with Crippen molar-refractivity contribution in [3.05, 3.63) is 47.2 Å². The molecule has 0 unspecified atom stereocenters. The molecule has 17 heavy (non-hydrogen) atoms. The second-order valence-corrected chi connectivity index (χ2v) is 5.07. The molecule has 0 atom stereocenters. The minimum Gasteiger partial charge on any atom is -0.330 e. The average Bonchev–Trinajstić information content (AvgIpc) is 3.06. The summed E-state index contributed by atoms with van der Waals surface area (Å²) in [6.45, 7) is 0.736. The molecule has 1 aromatic heterocycles. The van der Waals surface area contributed by atoms with Gasteiger partial charge in [-0.1, -0.05) is 23.7 Å². The lowest BCUT2D eigenvalue weighted by atomic mass is 9.96.